The highest BCUT2D eigenvalue weighted by Gasteiger charge is 2.29. The molecule has 6 heteroatoms. The molecule has 142 valence electrons. The Morgan fingerprint density at radius 1 is 1.26 bits per heavy atom. The third kappa shape index (κ3) is 3.84. The molecule has 2 N–H and O–H groups in total. The molecule has 3 heterocycles. The van der Waals surface area contributed by atoms with Crippen LogP contribution in [0.5, 0.6) is 0 Å². The third-order valence-corrected chi connectivity index (χ3v) is 4.92. The Balaban J connectivity index is 1.50. The predicted molar refractivity (Wildman–Crippen MR) is 106 cm³/mol. The first-order chi connectivity index (χ1) is 12.9. The van der Waals surface area contributed by atoms with E-state index in [0.717, 1.165) is 42.0 Å². The van der Waals surface area contributed by atoms with E-state index in [1.165, 1.54) is 5.39 Å². The number of amides is 1. The lowest BCUT2D eigenvalue weighted by molar-refractivity contribution is 0.0197. The van der Waals surface area contributed by atoms with Crippen LogP contribution in [0.1, 0.15) is 45.2 Å². The van der Waals surface area contributed by atoms with Gasteiger partial charge in [-0.15, -0.1) is 0 Å². The Hall–Kier alpha value is -2.76. The SMILES string of the molecule is CC(C)(C)OC(=O)N1CCCC(c2cc(-c3cc4ccccc4[nH]3)n[nH]2)C1. The summed E-state index contributed by atoms with van der Waals surface area (Å²) in [5.74, 6) is 0.247. The summed E-state index contributed by atoms with van der Waals surface area (Å²) < 4.78 is 5.53. The summed E-state index contributed by atoms with van der Waals surface area (Å²) in [4.78, 5) is 17.6. The topological polar surface area (TPSA) is 74.0 Å². The number of hydrogen-bond acceptors (Lipinski definition) is 3. The van der Waals surface area contributed by atoms with Crippen LogP contribution in [0.2, 0.25) is 0 Å². The minimum absolute atomic E-state index is 0.234. The monoisotopic (exact) mass is 366 g/mol. The molecule has 6 nitrogen and oxygen atoms in total. The van der Waals surface area contributed by atoms with Crippen molar-refractivity contribution in [1.82, 2.24) is 20.1 Å². The van der Waals surface area contributed by atoms with Crippen molar-refractivity contribution in [2.24, 2.45) is 0 Å². The fourth-order valence-electron chi connectivity index (χ4n) is 3.62. The molecule has 1 saturated heterocycles. The number of hydrogen-bond donors (Lipinski definition) is 2. The van der Waals surface area contributed by atoms with Gasteiger partial charge in [0.15, 0.2) is 0 Å². The van der Waals surface area contributed by atoms with Crippen LogP contribution in [-0.4, -0.2) is 44.9 Å². The van der Waals surface area contributed by atoms with E-state index in [-0.39, 0.29) is 12.0 Å². The average molecular weight is 366 g/mol. The molecule has 3 aromatic rings. The van der Waals surface area contributed by atoms with Crippen molar-refractivity contribution in [3.05, 3.63) is 42.1 Å². The molecular formula is C21H26N4O2. The van der Waals surface area contributed by atoms with Gasteiger partial charge >= 0.3 is 6.09 Å². The van der Waals surface area contributed by atoms with E-state index in [2.05, 4.69) is 39.4 Å². The molecule has 1 aliphatic heterocycles. The van der Waals surface area contributed by atoms with Gasteiger partial charge in [-0.1, -0.05) is 18.2 Å². The van der Waals surface area contributed by atoms with E-state index in [4.69, 9.17) is 4.74 Å². The highest BCUT2D eigenvalue weighted by molar-refractivity contribution is 5.85. The summed E-state index contributed by atoms with van der Waals surface area (Å²) in [5.41, 5.74) is 3.60. The van der Waals surface area contributed by atoms with E-state index in [9.17, 15) is 4.79 Å². The smallest absolute Gasteiger partial charge is 0.410 e. The van der Waals surface area contributed by atoms with E-state index < -0.39 is 5.60 Å². The van der Waals surface area contributed by atoms with Crippen LogP contribution in [0.4, 0.5) is 4.79 Å². The Bertz CT molecular complexity index is 917. The number of likely N-dealkylation sites (tertiary alicyclic amines) is 1. The van der Waals surface area contributed by atoms with Crippen LogP contribution in [-0.2, 0) is 4.74 Å². The summed E-state index contributed by atoms with van der Waals surface area (Å²) in [6.07, 6.45) is 1.76. The number of aromatic nitrogens is 3. The van der Waals surface area contributed by atoms with E-state index in [1.807, 2.05) is 37.8 Å². The van der Waals surface area contributed by atoms with Gasteiger partial charge < -0.3 is 14.6 Å². The van der Waals surface area contributed by atoms with Crippen molar-refractivity contribution >= 4 is 17.0 Å². The van der Waals surface area contributed by atoms with Crippen molar-refractivity contribution in [3.63, 3.8) is 0 Å². The number of carbonyl (C=O) groups is 1. The first-order valence-corrected chi connectivity index (χ1v) is 9.50. The highest BCUT2D eigenvalue weighted by Crippen LogP contribution is 2.30. The number of piperidine rings is 1. The summed E-state index contributed by atoms with van der Waals surface area (Å²) in [6.45, 7) is 7.09. The normalized spacial score (nSPS) is 18.0. The van der Waals surface area contributed by atoms with Crippen LogP contribution < -0.4 is 0 Å². The molecule has 0 spiro atoms. The lowest BCUT2D eigenvalue weighted by atomic mass is 9.95. The van der Waals surface area contributed by atoms with Gasteiger partial charge in [0.2, 0.25) is 0 Å². The molecule has 0 aliphatic carbocycles. The molecule has 4 rings (SSSR count). The van der Waals surface area contributed by atoms with Crippen LogP contribution >= 0.6 is 0 Å². The second-order valence-corrected chi connectivity index (χ2v) is 8.24. The van der Waals surface area contributed by atoms with Crippen molar-refractivity contribution in [2.75, 3.05) is 13.1 Å². The maximum atomic E-state index is 12.4. The zero-order chi connectivity index (χ0) is 19.0. The third-order valence-electron chi connectivity index (χ3n) is 4.92. The molecule has 1 amide bonds. The summed E-state index contributed by atoms with van der Waals surface area (Å²) in [5, 5.41) is 8.84. The minimum atomic E-state index is -0.471. The molecule has 27 heavy (non-hydrogen) atoms. The zero-order valence-corrected chi connectivity index (χ0v) is 16.1. The summed E-state index contributed by atoms with van der Waals surface area (Å²) >= 11 is 0. The number of ether oxygens (including phenoxy) is 1. The van der Waals surface area contributed by atoms with Gasteiger partial charge in [0, 0.05) is 35.6 Å². The molecule has 1 atom stereocenters. The van der Waals surface area contributed by atoms with E-state index in [0.29, 0.717) is 6.54 Å². The van der Waals surface area contributed by atoms with Gasteiger partial charge in [-0.25, -0.2) is 4.79 Å². The lowest BCUT2D eigenvalue weighted by Crippen LogP contribution is -2.42. The molecule has 1 aliphatic rings. The van der Waals surface area contributed by atoms with Crippen molar-refractivity contribution in [3.8, 4) is 11.4 Å². The van der Waals surface area contributed by atoms with Crippen LogP contribution in [0.15, 0.2) is 36.4 Å². The Labute approximate surface area is 158 Å². The standard InChI is InChI=1S/C21H26N4O2/c1-21(2,3)27-20(26)25-10-6-8-15(13-25)17-12-19(24-23-17)18-11-14-7-4-5-9-16(14)22-18/h4-5,7,9,11-12,15,22H,6,8,10,13H2,1-3H3,(H,23,24). The number of nitrogens with one attached hydrogen (secondary N) is 2. The van der Waals surface area contributed by atoms with Gasteiger partial charge in [-0.2, -0.15) is 5.10 Å². The maximum Gasteiger partial charge on any atom is 0.410 e. The predicted octanol–water partition coefficient (Wildman–Crippen LogP) is 4.67. The number of nitrogens with zero attached hydrogens (tertiary/aromatic N) is 2. The summed E-state index contributed by atoms with van der Waals surface area (Å²) in [6, 6.07) is 12.4. The Kier molecular flexibility index (Phi) is 4.42. The van der Waals surface area contributed by atoms with Gasteiger partial charge in [-0.05, 0) is 51.8 Å². The first kappa shape index (κ1) is 17.6. The number of rotatable bonds is 2. The van der Waals surface area contributed by atoms with E-state index in [1.54, 1.807) is 0 Å². The van der Waals surface area contributed by atoms with Crippen molar-refractivity contribution < 1.29 is 9.53 Å². The lowest BCUT2D eigenvalue weighted by Gasteiger charge is -2.33. The largest absolute Gasteiger partial charge is 0.444 e. The maximum absolute atomic E-state index is 12.4. The van der Waals surface area contributed by atoms with Crippen LogP contribution in [0.3, 0.4) is 0 Å². The molecule has 2 aromatic heterocycles. The second-order valence-electron chi connectivity index (χ2n) is 8.24. The number of fused-ring (bicyclic) bond motifs is 1. The molecule has 0 saturated carbocycles. The second kappa shape index (κ2) is 6.76. The van der Waals surface area contributed by atoms with Crippen molar-refractivity contribution in [2.45, 2.75) is 45.1 Å². The van der Waals surface area contributed by atoms with Crippen molar-refractivity contribution in [1.29, 1.82) is 0 Å². The van der Waals surface area contributed by atoms with Gasteiger partial charge in [0.25, 0.3) is 0 Å². The average Bonchev–Trinajstić information content (AvgIpc) is 3.27. The number of aromatic amines is 2. The summed E-state index contributed by atoms with van der Waals surface area (Å²) in [7, 11) is 0. The van der Waals surface area contributed by atoms with Gasteiger partial charge in [0.1, 0.15) is 11.3 Å². The quantitative estimate of drug-likeness (QED) is 0.692. The molecular weight excluding hydrogens is 340 g/mol. The van der Waals surface area contributed by atoms with Crippen LogP contribution in [0, 0.1) is 0 Å². The number of carbonyl (C=O) groups excluding carboxylic acids is 1. The first-order valence-electron chi connectivity index (χ1n) is 9.50. The van der Waals surface area contributed by atoms with E-state index >= 15 is 0 Å². The Morgan fingerprint density at radius 3 is 2.85 bits per heavy atom. The molecule has 1 unspecified atom stereocenters. The fraction of sp³-hybridized carbons (Fsp3) is 0.429. The molecule has 0 bridgehead atoms. The molecule has 0 radical (unpaired) electrons. The highest BCUT2D eigenvalue weighted by atomic mass is 16.6. The van der Waals surface area contributed by atoms with Gasteiger partial charge in [0.05, 0.1) is 5.69 Å². The number of benzene rings is 1. The number of H-pyrrole nitrogens is 2. The molecule has 1 aromatic carbocycles. The van der Waals surface area contributed by atoms with Crippen LogP contribution in [0.25, 0.3) is 22.3 Å². The zero-order valence-electron chi connectivity index (χ0n) is 16.1. The minimum Gasteiger partial charge on any atom is -0.444 e. The fourth-order valence-corrected chi connectivity index (χ4v) is 3.62. The Morgan fingerprint density at radius 2 is 2.07 bits per heavy atom. The molecule has 1 fully saturated rings. The van der Waals surface area contributed by atoms with Gasteiger partial charge in [-0.3, -0.25) is 5.10 Å². The number of para-hydroxylation sites is 1.